The first-order chi connectivity index (χ1) is 6.09. The number of nitrogens with zero attached hydrogens (tertiary/aromatic N) is 1. The highest BCUT2D eigenvalue weighted by molar-refractivity contribution is 9.10. The first-order valence-corrected chi connectivity index (χ1v) is 4.72. The highest BCUT2D eigenvalue weighted by Crippen LogP contribution is 2.21. The third-order valence-corrected chi connectivity index (χ3v) is 2.03. The number of aliphatic hydroxyl groups excluding tert-OH is 1. The van der Waals surface area contributed by atoms with E-state index in [9.17, 15) is 0 Å². The minimum atomic E-state index is -0.397. The van der Waals surface area contributed by atoms with E-state index < -0.39 is 6.10 Å². The van der Waals surface area contributed by atoms with Crippen molar-refractivity contribution < 1.29 is 5.11 Å². The van der Waals surface area contributed by atoms with Crippen LogP contribution in [-0.2, 0) is 0 Å². The Morgan fingerprint density at radius 1 is 1.77 bits per heavy atom. The second kappa shape index (κ2) is 4.43. The fourth-order valence-electron chi connectivity index (χ4n) is 0.827. The molecule has 72 valence electrons. The van der Waals surface area contributed by atoms with Gasteiger partial charge in [-0.1, -0.05) is 0 Å². The van der Waals surface area contributed by atoms with Crippen molar-refractivity contribution in [1.29, 1.82) is 0 Å². The quantitative estimate of drug-likeness (QED) is 0.749. The van der Waals surface area contributed by atoms with Crippen LogP contribution in [0.4, 0.5) is 11.5 Å². The number of anilines is 2. The highest BCUT2D eigenvalue weighted by atomic mass is 79.9. The molecule has 1 rings (SSSR count). The van der Waals surface area contributed by atoms with Crippen LogP contribution in [0.1, 0.15) is 6.92 Å². The van der Waals surface area contributed by atoms with Crippen LogP contribution in [0.2, 0.25) is 0 Å². The molecule has 13 heavy (non-hydrogen) atoms. The van der Waals surface area contributed by atoms with Crippen molar-refractivity contribution in [3.63, 3.8) is 0 Å². The van der Waals surface area contributed by atoms with Crippen LogP contribution in [0.5, 0.6) is 0 Å². The predicted octanol–water partition coefficient (Wildman–Crippen LogP) is 1.22. The second-order valence-corrected chi connectivity index (χ2v) is 3.68. The van der Waals surface area contributed by atoms with Gasteiger partial charge in [-0.15, -0.1) is 0 Å². The van der Waals surface area contributed by atoms with Crippen molar-refractivity contribution in [1.82, 2.24) is 4.98 Å². The van der Waals surface area contributed by atoms with Gasteiger partial charge in [-0.05, 0) is 28.9 Å². The van der Waals surface area contributed by atoms with Gasteiger partial charge in [0.15, 0.2) is 0 Å². The van der Waals surface area contributed by atoms with E-state index in [-0.39, 0.29) is 0 Å². The van der Waals surface area contributed by atoms with Crippen LogP contribution in [0.3, 0.4) is 0 Å². The minimum absolute atomic E-state index is 0.397. The Labute approximate surface area is 85.3 Å². The molecule has 1 aromatic heterocycles. The zero-order valence-corrected chi connectivity index (χ0v) is 8.87. The van der Waals surface area contributed by atoms with E-state index in [2.05, 4.69) is 26.2 Å². The van der Waals surface area contributed by atoms with Gasteiger partial charge in [-0.2, -0.15) is 0 Å². The van der Waals surface area contributed by atoms with Crippen LogP contribution >= 0.6 is 15.9 Å². The molecule has 1 aromatic rings. The average Bonchev–Trinajstić information content (AvgIpc) is 2.02. The van der Waals surface area contributed by atoms with E-state index in [1.54, 1.807) is 19.2 Å². The monoisotopic (exact) mass is 245 g/mol. The number of nitrogens with one attached hydrogen (secondary N) is 1. The van der Waals surface area contributed by atoms with Crippen LogP contribution in [0.15, 0.2) is 16.7 Å². The van der Waals surface area contributed by atoms with Crippen LogP contribution in [-0.4, -0.2) is 22.7 Å². The van der Waals surface area contributed by atoms with Gasteiger partial charge in [0.25, 0.3) is 0 Å². The van der Waals surface area contributed by atoms with Gasteiger partial charge in [0.1, 0.15) is 5.82 Å². The Bertz CT molecular complexity index is 291. The molecule has 0 radical (unpaired) electrons. The Balaban J connectivity index is 2.67. The summed E-state index contributed by atoms with van der Waals surface area (Å²) >= 11 is 3.31. The number of aliphatic hydroxyl groups is 1. The summed E-state index contributed by atoms with van der Waals surface area (Å²) in [4.78, 5) is 4.06. The van der Waals surface area contributed by atoms with Gasteiger partial charge in [0, 0.05) is 6.54 Å². The number of nitrogens with two attached hydrogens (primary N) is 1. The number of hydrogen-bond acceptors (Lipinski definition) is 4. The van der Waals surface area contributed by atoms with Gasteiger partial charge >= 0.3 is 0 Å². The highest BCUT2D eigenvalue weighted by Gasteiger charge is 2.02. The second-order valence-electron chi connectivity index (χ2n) is 2.83. The molecule has 0 aliphatic heterocycles. The summed E-state index contributed by atoms with van der Waals surface area (Å²) in [5, 5.41) is 12.0. The summed E-state index contributed by atoms with van der Waals surface area (Å²) in [6.07, 6.45) is 1.17. The molecule has 0 fully saturated rings. The molecular formula is C8H12BrN3O. The van der Waals surface area contributed by atoms with Crippen molar-refractivity contribution in [2.75, 3.05) is 17.6 Å². The zero-order valence-electron chi connectivity index (χ0n) is 7.29. The van der Waals surface area contributed by atoms with E-state index in [0.717, 1.165) is 4.47 Å². The number of aromatic nitrogens is 1. The van der Waals surface area contributed by atoms with Crippen LogP contribution in [0.25, 0.3) is 0 Å². The molecule has 0 amide bonds. The maximum Gasteiger partial charge on any atom is 0.140 e. The normalized spacial score (nSPS) is 12.5. The molecule has 0 aromatic carbocycles. The summed E-state index contributed by atoms with van der Waals surface area (Å²) in [7, 11) is 0. The van der Waals surface area contributed by atoms with Crippen molar-refractivity contribution in [3.05, 3.63) is 16.7 Å². The maximum atomic E-state index is 9.03. The molecule has 0 bridgehead atoms. The molecule has 0 aliphatic rings. The van der Waals surface area contributed by atoms with Gasteiger partial charge in [-0.3, -0.25) is 0 Å². The Morgan fingerprint density at radius 3 is 3.00 bits per heavy atom. The molecule has 1 unspecified atom stereocenters. The molecule has 0 saturated heterocycles. The lowest BCUT2D eigenvalue weighted by atomic mass is 10.4. The lowest BCUT2D eigenvalue weighted by Gasteiger charge is -2.09. The predicted molar refractivity (Wildman–Crippen MR) is 56.5 cm³/mol. The maximum absolute atomic E-state index is 9.03. The molecule has 1 atom stereocenters. The lowest BCUT2D eigenvalue weighted by Crippen LogP contribution is -2.16. The molecule has 4 nitrogen and oxygen atoms in total. The Morgan fingerprint density at radius 2 is 2.46 bits per heavy atom. The minimum Gasteiger partial charge on any atom is -0.397 e. The number of nitrogen functional groups attached to an aromatic ring is 1. The van der Waals surface area contributed by atoms with Crippen molar-refractivity contribution in [2.45, 2.75) is 13.0 Å². The van der Waals surface area contributed by atoms with Gasteiger partial charge < -0.3 is 16.2 Å². The molecule has 0 aliphatic carbocycles. The van der Waals surface area contributed by atoms with E-state index >= 15 is 0 Å². The van der Waals surface area contributed by atoms with E-state index in [1.165, 1.54) is 0 Å². The molecular weight excluding hydrogens is 234 g/mol. The molecule has 5 heteroatoms. The molecule has 1 heterocycles. The fraction of sp³-hybridized carbons (Fsp3) is 0.375. The number of rotatable bonds is 3. The van der Waals surface area contributed by atoms with Crippen molar-refractivity contribution in [2.24, 2.45) is 0 Å². The van der Waals surface area contributed by atoms with Crippen molar-refractivity contribution in [3.8, 4) is 0 Å². The van der Waals surface area contributed by atoms with E-state index in [4.69, 9.17) is 10.8 Å². The van der Waals surface area contributed by atoms with Crippen molar-refractivity contribution >= 4 is 27.4 Å². The van der Waals surface area contributed by atoms with Crippen LogP contribution in [0, 0.1) is 0 Å². The lowest BCUT2D eigenvalue weighted by molar-refractivity contribution is 0.208. The molecule has 0 saturated carbocycles. The number of pyridine rings is 1. The van der Waals surface area contributed by atoms with Gasteiger partial charge in [0.2, 0.25) is 0 Å². The molecule has 4 N–H and O–H groups in total. The average molecular weight is 246 g/mol. The largest absolute Gasteiger partial charge is 0.397 e. The van der Waals surface area contributed by atoms with Gasteiger partial charge in [-0.25, -0.2) is 4.98 Å². The first-order valence-electron chi connectivity index (χ1n) is 3.92. The third kappa shape index (κ3) is 3.20. The summed E-state index contributed by atoms with van der Waals surface area (Å²) in [6.45, 7) is 2.17. The smallest absolute Gasteiger partial charge is 0.140 e. The van der Waals surface area contributed by atoms with Gasteiger partial charge in [0.05, 0.1) is 22.5 Å². The topological polar surface area (TPSA) is 71.2 Å². The van der Waals surface area contributed by atoms with Crippen LogP contribution < -0.4 is 11.1 Å². The summed E-state index contributed by atoms with van der Waals surface area (Å²) in [5.74, 6) is 0.690. The SMILES string of the molecule is CC(O)CNc1ncc(N)cc1Br. The summed E-state index contributed by atoms with van der Waals surface area (Å²) in [5.41, 5.74) is 6.12. The number of halogens is 1. The van der Waals surface area contributed by atoms with E-state index in [0.29, 0.717) is 18.1 Å². The molecule has 0 spiro atoms. The first kappa shape index (κ1) is 10.3. The zero-order chi connectivity index (χ0) is 9.84. The fourth-order valence-corrected chi connectivity index (χ4v) is 1.33. The Kier molecular flexibility index (Phi) is 3.50. The summed E-state index contributed by atoms with van der Waals surface area (Å²) < 4.78 is 0.799. The standard InChI is InChI=1S/C8H12BrN3O/c1-5(13)3-11-8-7(9)2-6(10)4-12-8/h2,4-5,13H,3,10H2,1H3,(H,11,12). The Hall–Kier alpha value is -0.810. The van der Waals surface area contributed by atoms with E-state index in [1.807, 2.05) is 0 Å². The summed E-state index contributed by atoms with van der Waals surface area (Å²) in [6, 6.07) is 1.76. The number of hydrogen-bond donors (Lipinski definition) is 3. The third-order valence-electron chi connectivity index (χ3n) is 1.43.